The van der Waals surface area contributed by atoms with E-state index in [9.17, 15) is 9.59 Å². The van der Waals surface area contributed by atoms with Crippen molar-refractivity contribution in [2.24, 2.45) is 0 Å². The van der Waals surface area contributed by atoms with Gasteiger partial charge in [0.2, 0.25) is 0 Å². The number of carbonyl (C=O) groups is 2. The van der Waals surface area contributed by atoms with Gasteiger partial charge < -0.3 is 10.1 Å². The molecule has 120 valence electrons. The highest BCUT2D eigenvalue weighted by molar-refractivity contribution is 9.10. The van der Waals surface area contributed by atoms with Crippen molar-refractivity contribution in [1.82, 2.24) is 0 Å². The molecule has 0 saturated heterocycles. The summed E-state index contributed by atoms with van der Waals surface area (Å²) in [6.45, 7) is -0.335. The zero-order chi connectivity index (χ0) is 16.9. The average Bonchev–Trinajstić information content (AvgIpc) is 2.61. The zero-order valence-corrected chi connectivity index (χ0v) is 14.2. The van der Waals surface area contributed by atoms with E-state index in [1.165, 1.54) is 0 Å². The molecule has 0 aliphatic heterocycles. The van der Waals surface area contributed by atoms with E-state index in [1.807, 2.05) is 42.5 Å². The molecule has 3 aromatic rings. The standard InChI is InChI=1S/C19H14BrNO3/c20-15-10-8-14(9-11-15)19(23)24-12-18(22)21-17-7-3-5-13-4-1-2-6-16(13)17/h1-11H,12H2,(H,21,22). The Balaban J connectivity index is 1.63. The molecule has 24 heavy (non-hydrogen) atoms. The second-order valence-corrected chi connectivity index (χ2v) is 6.07. The summed E-state index contributed by atoms with van der Waals surface area (Å²) in [5.41, 5.74) is 1.09. The molecule has 0 bridgehead atoms. The number of halogens is 1. The molecule has 3 aromatic carbocycles. The second-order valence-electron chi connectivity index (χ2n) is 5.16. The van der Waals surface area contributed by atoms with E-state index < -0.39 is 5.97 Å². The Labute approximate surface area is 147 Å². The molecule has 0 heterocycles. The Kier molecular flexibility index (Phi) is 4.91. The van der Waals surface area contributed by atoms with E-state index in [0.29, 0.717) is 11.3 Å². The smallest absolute Gasteiger partial charge is 0.338 e. The Morgan fingerprint density at radius 1 is 0.917 bits per heavy atom. The van der Waals surface area contributed by atoms with E-state index in [2.05, 4.69) is 21.2 Å². The quantitative estimate of drug-likeness (QED) is 0.679. The van der Waals surface area contributed by atoms with Crippen LogP contribution in [0.15, 0.2) is 71.2 Å². The predicted molar refractivity (Wildman–Crippen MR) is 97.0 cm³/mol. The Bertz CT molecular complexity index is 885. The summed E-state index contributed by atoms with van der Waals surface area (Å²) in [6.07, 6.45) is 0. The number of fused-ring (bicyclic) bond motifs is 1. The van der Waals surface area contributed by atoms with Gasteiger partial charge in [0.15, 0.2) is 6.61 Å². The highest BCUT2D eigenvalue weighted by Crippen LogP contribution is 2.22. The molecule has 3 rings (SSSR count). The Morgan fingerprint density at radius 2 is 1.62 bits per heavy atom. The number of anilines is 1. The van der Waals surface area contributed by atoms with Crippen LogP contribution in [-0.2, 0) is 9.53 Å². The molecule has 0 unspecified atom stereocenters. The van der Waals surface area contributed by atoms with Crippen LogP contribution >= 0.6 is 15.9 Å². The van der Waals surface area contributed by atoms with Gasteiger partial charge in [0.05, 0.1) is 5.56 Å². The number of benzene rings is 3. The third-order valence-corrected chi connectivity index (χ3v) is 4.01. The maximum Gasteiger partial charge on any atom is 0.338 e. The lowest BCUT2D eigenvalue weighted by atomic mass is 10.1. The summed E-state index contributed by atoms with van der Waals surface area (Å²) in [5, 5.41) is 4.74. The van der Waals surface area contributed by atoms with Crippen molar-refractivity contribution < 1.29 is 14.3 Å². The molecule has 1 N–H and O–H groups in total. The van der Waals surface area contributed by atoms with Crippen LogP contribution in [0, 0.1) is 0 Å². The van der Waals surface area contributed by atoms with E-state index in [-0.39, 0.29) is 12.5 Å². The average molecular weight is 384 g/mol. The van der Waals surface area contributed by atoms with Gasteiger partial charge in [-0.05, 0) is 35.7 Å². The van der Waals surface area contributed by atoms with E-state index >= 15 is 0 Å². The lowest BCUT2D eigenvalue weighted by Gasteiger charge is -2.09. The molecule has 0 radical (unpaired) electrons. The molecule has 1 amide bonds. The maximum atomic E-state index is 12.1. The van der Waals surface area contributed by atoms with Gasteiger partial charge in [-0.2, -0.15) is 0 Å². The van der Waals surface area contributed by atoms with Crippen LogP contribution < -0.4 is 5.32 Å². The zero-order valence-electron chi connectivity index (χ0n) is 12.7. The third-order valence-electron chi connectivity index (χ3n) is 3.48. The first-order valence-electron chi connectivity index (χ1n) is 7.34. The number of hydrogen-bond donors (Lipinski definition) is 1. The Hall–Kier alpha value is -2.66. The summed E-state index contributed by atoms with van der Waals surface area (Å²) < 4.78 is 5.92. The Morgan fingerprint density at radius 3 is 2.42 bits per heavy atom. The van der Waals surface area contributed by atoms with Crippen LogP contribution in [-0.4, -0.2) is 18.5 Å². The largest absolute Gasteiger partial charge is 0.452 e. The topological polar surface area (TPSA) is 55.4 Å². The van der Waals surface area contributed by atoms with Gasteiger partial charge in [0.1, 0.15) is 0 Å². The van der Waals surface area contributed by atoms with Gasteiger partial charge in [0, 0.05) is 15.5 Å². The van der Waals surface area contributed by atoms with Gasteiger partial charge in [0.25, 0.3) is 5.91 Å². The SMILES string of the molecule is O=C(COC(=O)c1ccc(Br)cc1)Nc1cccc2ccccc12. The molecular weight excluding hydrogens is 370 g/mol. The first kappa shape index (κ1) is 16.2. The molecular formula is C19H14BrNO3. The normalized spacial score (nSPS) is 10.4. The van der Waals surface area contributed by atoms with E-state index in [0.717, 1.165) is 15.2 Å². The van der Waals surface area contributed by atoms with Crippen molar-refractivity contribution in [1.29, 1.82) is 0 Å². The van der Waals surface area contributed by atoms with Crippen molar-refractivity contribution in [2.75, 3.05) is 11.9 Å². The minimum Gasteiger partial charge on any atom is -0.452 e. The van der Waals surface area contributed by atoms with Crippen molar-refractivity contribution in [2.45, 2.75) is 0 Å². The predicted octanol–water partition coefficient (Wildman–Crippen LogP) is 4.40. The van der Waals surface area contributed by atoms with E-state index in [4.69, 9.17) is 4.74 Å². The fourth-order valence-electron chi connectivity index (χ4n) is 2.32. The van der Waals surface area contributed by atoms with Crippen LogP contribution in [0.2, 0.25) is 0 Å². The molecule has 0 aliphatic rings. The van der Waals surface area contributed by atoms with Gasteiger partial charge in [-0.1, -0.05) is 52.3 Å². The maximum absolute atomic E-state index is 12.1. The van der Waals surface area contributed by atoms with Crippen molar-refractivity contribution in [3.63, 3.8) is 0 Å². The molecule has 5 heteroatoms. The minimum absolute atomic E-state index is 0.335. The summed E-state index contributed by atoms with van der Waals surface area (Å²) in [4.78, 5) is 24.0. The summed E-state index contributed by atoms with van der Waals surface area (Å²) in [7, 11) is 0. The summed E-state index contributed by atoms with van der Waals surface area (Å²) in [6, 6.07) is 20.2. The van der Waals surface area contributed by atoms with Gasteiger partial charge in [-0.25, -0.2) is 4.79 Å². The third kappa shape index (κ3) is 3.81. The second kappa shape index (κ2) is 7.27. The number of esters is 1. The van der Waals surface area contributed by atoms with E-state index in [1.54, 1.807) is 24.3 Å². The van der Waals surface area contributed by atoms with Crippen LogP contribution in [0.1, 0.15) is 10.4 Å². The first-order valence-corrected chi connectivity index (χ1v) is 8.13. The molecule has 0 atom stereocenters. The molecule has 0 aromatic heterocycles. The minimum atomic E-state index is -0.532. The number of rotatable bonds is 4. The first-order chi connectivity index (χ1) is 11.6. The molecule has 0 spiro atoms. The van der Waals surface area contributed by atoms with Crippen LogP contribution in [0.5, 0.6) is 0 Å². The molecule has 0 aliphatic carbocycles. The van der Waals surface area contributed by atoms with Crippen LogP contribution in [0.4, 0.5) is 5.69 Å². The fourth-order valence-corrected chi connectivity index (χ4v) is 2.59. The number of hydrogen-bond acceptors (Lipinski definition) is 3. The highest BCUT2D eigenvalue weighted by atomic mass is 79.9. The van der Waals surface area contributed by atoms with Crippen molar-refractivity contribution in [3.05, 3.63) is 76.8 Å². The number of nitrogens with one attached hydrogen (secondary N) is 1. The van der Waals surface area contributed by atoms with Crippen molar-refractivity contribution >= 4 is 44.3 Å². The van der Waals surface area contributed by atoms with Gasteiger partial charge in [-0.15, -0.1) is 0 Å². The van der Waals surface area contributed by atoms with Gasteiger partial charge in [-0.3, -0.25) is 4.79 Å². The monoisotopic (exact) mass is 383 g/mol. The fraction of sp³-hybridized carbons (Fsp3) is 0.0526. The lowest BCUT2D eigenvalue weighted by molar-refractivity contribution is -0.119. The van der Waals surface area contributed by atoms with Crippen LogP contribution in [0.25, 0.3) is 10.8 Å². The molecule has 0 saturated carbocycles. The molecule has 0 fully saturated rings. The number of ether oxygens (including phenoxy) is 1. The van der Waals surface area contributed by atoms with Crippen molar-refractivity contribution in [3.8, 4) is 0 Å². The van der Waals surface area contributed by atoms with Crippen LogP contribution in [0.3, 0.4) is 0 Å². The number of amides is 1. The highest BCUT2D eigenvalue weighted by Gasteiger charge is 2.11. The summed E-state index contributed by atoms with van der Waals surface area (Å²) >= 11 is 3.30. The number of carbonyl (C=O) groups excluding carboxylic acids is 2. The lowest BCUT2D eigenvalue weighted by Crippen LogP contribution is -2.21. The summed E-state index contributed by atoms with van der Waals surface area (Å²) in [5.74, 6) is -0.910. The molecule has 4 nitrogen and oxygen atoms in total. The van der Waals surface area contributed by atoms with Gasteiger partial charge >= 0.3 is 5.97 Å².